The molecule has 1 spiro atoms. The summed E-state index contributed by atoms with van der Waals surface area (Å²) in [7, 11) is 1.38. The zero-order valence-electron chi connectivity index (χ0n) is 17.1. The molecule has 0 radical (unpaired) electrons. The largest absolute Gasteiger partial charge is 0.456 e. The predicted octanol–water partition coefficient (Wildman–Crippen LogP) is -0.951. The summed E-state index contributed by atoms with van der Waals surface area (Å²) in [5, 5.41) is 43.3. The Hall–Kier alpha value is -1.52. The SMILES string of the molecule is CO[C@@H]1[C@H](O)[C@@H]2C(=C3[C@H](O)[C@@H](O)[C@]4(C[C@@H]([C@H](C)O)C(=O)O4)[C@@]31C)C(=O)OC2(C)C. The molecule has 0 amide bonds. The lowest BCUT2D eigenvalue weighted by molar-refractivity contribution is -0.204. The van der Waals surface area contributed by atoms with Crippen molar-refractivity contribution in [2.75, 3.05) is 7.11 Å². The van der Waals surface area contributed by atoms with E-state index < -0.39 is 70.9 Å². The molecule has 2 aliphatic carbocycles. The fourth-order valence-corrected chi connectivity index (χ4v) is 6.24. The number of hydrogen-bond acceptors (Lipinski definition) is 9. The zero-order valence-corrected chi connectivity index (χ0v) is 17.1. The summed E-state index contributed by atoms with van der Waals surface area (Å²) in [4.78, 5) is 25.3. The number of carbonyl (C=O) groups excluding carboxylic acids is 2. The maximum Gasteiger partial charge on any atom is 0.335 e. The number of aliphatic hydroxyl groups excluding tert-OH is 4. The Bertz CT molecular complexity index is 802. The summed E-state index contributed by atoms with van der Waals surface area (Å²) in [6.45, 7) is 6.38. The third-order valence-electron chi connectivity index (χ3n) is 7.60. The lowest BCUT2D eigenvalue weighted by atomic mass is 9.58. The van der Waals surface area contributed by atoms with Crippen LogP contribution in [0, 0.1) is 17.3 Å². The van der Waals surface area contributed by atoms with Crippen molar-refractivity contribution >= 4 is 11.9 Å². The summed E-state index contributed by atoms with van der Waals surface area (Å²) in [6.07, 6.45) is -6.45. The van der Waals surface area contributed by atoms with Gasteiger partial charge in [-0.25, -0.2) is 4.79 Å². The highest BCUT2D eigenvalue weighted by atomic mass is 16.6. The Morgan fingerprint density at radius 3 is 2.28 bits per heavy atom. The first-order valence-electron chi connectivity index (χ1n) is 9.81. The third kappa shape index (κ3) is 2.22. The Balaban J connectivity index is 2.00. The number of ether oxygens (including phenoxy) is 3. The Kier molecular flexibility index (Phi) is 4.30. The topological polar surface area (TPSA) is 143 Å². The van der Waals surface area contributed by atoms with Crippen LogP contribution in [0.25, 0.3) is 0 Å². The van der Waals surface area contributed by atoms with Gasteiger partial charge in [-0.2, -0.15) is 0 Å². The van der Waals surface area contributed by atoms with Crippen molar-refractivity contribution in [2.45, 2.75) is 75.8 Å². The van der Waals surface area contributed by atoms with Crippen LogP contribution in [0.4, 0.5) is 0 Å². The first kappa shape index (κ1) is 20.7. The molecule has 2 heterocycles. The van der Waals surface area contributed by atoms with Crippen molar-refractivity contribution in [3.63, 3.8) is 0 Å². The van der Waals surface area contributed by atoms with Gasteiger partial charge in [0.2, 0.25) is 0 Å². The van der Waals surface area contributed by atoms with Gasteiger partial charge in [0, 0.05) is 19.1 Å². The second-order valence-electron chi connectivity index (χ2n) is 9.40. The minimum Gasteiger partial charge on any atom is -0.456 e. The lowest BCUT2D eigenvalue weighted by Crippen LogP contribution is -2.63. The fraction of sp³-hybridized carbons (Fsp3) is 0.800. The molecule has 2 aliphatic heterocycles. The molecule has 4 rings (SSSR count). The first-order chi connectivity index (χ1) is 13.3. The van der Waals surface area contributed by atoms with Crippen LogP contribution in [-0.2, 0) is 23.8 Å². The van der Waals surface area contributed by atoms with Gasteiger partial charge in [-0.3, -0.25) is 4.79 Å². The normalized spacial score (nSPS) is 49.1. The molecule has 0 aromatic carbocycles. The van der Waals surface area contributed by atoms with E-state index in [1.165, 1.54) is 14.0 Å². The number of carbonyl (C=O) groups is 2. The molecule has 29 heavy (non-hydrogen) atoms. The number of cyclic esters (lactones) is 1. The third-order valence-corrected chi connectivity index (χ3v) is 7.60. The van der Waals surface area contributed by atoms with Gasteiger partial charge in [-0.05, 0) is 33.3 Å². The molecule has 1 saturated carbocycles. The van der Waals surface area contributed by atoms with Crippen LogP contribution in [-0.4, -0.2) is 81.2 Å². The standard InChI is InChI=1S/C20H28O9/c1-7(21)8-6-20(29-16(8)25)14(24)12(22)11-9-10(18(2,3)28-17(9)26)13(23)15(27-5)19(11,20)4/h7-8,10,12-15,21-24H,6H2,1-5H3/t7-,8-,10-,12-,13+,14+,15+,19-,20+/m0/s1. The zero-order chi connectivity index (χ0) is 21.7. The molecule has 4 N–H and O–H groups in total. The van der Waals surface area contributed by atoms with Crippen molar-refractivity contribution in [1.82, 2.24) is 0 Å². The van der Waals surface area contributed by atoms with Gasteiger partial charge in [0.05, 0.1) is 35.6 Å². The van der Waals surface area contributed by atoms with E-state index in [-0.39, 0.29) is 17.6 Å². The second-order valence-corrected chi connectivity index (χ2v) is 9.40. The van der Waals surface area contributed by atoms with Crippen molar-refractivity contribution < 1.29 is 44.2 Å². The minimum atomic E-state index is -1.67. The highest BCUT2D eigenvalue weighted by Gasteiger charge is 2.78. The maximum atomic E-state index is 12.8. The van der Waals surface area contributed by atoms with Crippen LogP contribution in [0.2, 0.25) is 0 Å². The van der Waals surface area contributed by atoms with Gasteiger partial charge in [0.25, 0.3) is 0 Å². The molecule has 9 heteroatoms. The van der Waals surface area contributed by atoms with Crippen LogP contribution in [0.15, 0.2) is 11.1 Å². The summed E-state index contributed by atoms with van der Waals surface area (Å²) < 4.78 is 16.8. The molecule has 0 unspecified atom stereocenters. The van der Waals surface area contributed by atoms with Gasteiger partial charge in [0.15, 0.2) is 5.60 Å². The molecule has 9 atom stereocenters. The van der Waals surface area contributed by atoms with E-state index in [2.05, 4.69) is 0 Å². The van der Waals surface area contributed by atoms with Gasteiger partial charge >= 0.3 is 11.9 Å². The van der Waals surface area contributed by atoms with E-state index >= 15 is 0 Å². The summed E-state index contributed by atoms with van der Waals surface area (Å²) in [5.74, 6) is -3.10. The molecule has 3 fully saturated rings. The van der Waals surface area contributed by atoms with E-state index in [1.807, 2.05) is 0 Å². The molecule has 0 bridgehead atoms. The molecule has 0 aromatic rings. The summed E-state index contributed by atoms with van der Waals surface area (Å²) in [5.41, 5.74) is -3.87. The molecular weight excluding hydrogens is 384 g/mol. The van der Waals surface area contributed by atoms with Gasteiger partial charge in [-0.15, -0.1) is 0 Å². The van der Waals surface area contributed by atoms with Gasteiger partial charge < -0.3 is 34.6 Å². The predicted molar refractivity (Wildman–Crippen MR) is 96.2 cm³/mol. The van der Waals surface area contributed by atoms with Crippen LogP contribution >= 0.6 is 0 Å². The smallest absolute Gasteiger partial charge is 0.335 e. The van der Waals surface area contributed by atoms with E-state index in [0.29, 0.717) is 0 Å². The van der Waals surface area contributed by atoms with Crippen molar-refractivity contribution in [2.24, 2.45) is 17.3 Å². The molecule has 4 aliphatic rings. The van der Waals surface area contributed by atoms with E-state index in [0.717, 1.165) is 0 Å². The molecule has 0 aromatic heterocycles. The number of rotatable bonds is 2. The quantitative estimate of drug-likeness (QED) is 0.422. The Labute approximate surface area is 168 Å². The highest BCUT2D eigenvalue weighted by molar-refractivity contribution is 5.94. The van der Waals surface area contributed by atoms with Gasteiger partial charge in [0.1, 0.15) is 17.8 Å². The average molecular weight is 412 g/mol. The second kappa shape index (κ2) is 6.01. The summed E-state index contributed by atoms with van der Waals surface area (Å²) >= 11 is 0. The van der Waals surface area contributed by atoms with Crippen LogP contribution in [0.1, 0.15) is 34.1 Å². The van der Waals surface area contributed by atoms with Crippen molar-refractivity contribution in [3.8, 4) is 0 Å². The first-order valence-corrected chi connectivity index (χ1v) is 9.81. The molecule has 2 saturated heterocycles. The monoisotopic (exact) mass is 412 g/mol. The Morgan fingerprint density at radius 2 is 1.76 bits per heavy atom. The molecular formula is C20H28O9. The van der Waals surface area contributed by atoms with Crippen molar-refractivity contribution in [1.29, 1.82) is 0 Å². The number of esters is 2. The lowest BCUT2D eigenvalue weighted by Gasteiger charge is -2.51. The number of methoxy groups -OCH3 is 1. The van der Waals surface area contributed by atoms with E-state index in [9.17, 15) is 30.0 Å². The average Bonchev–Trinajstić information content (AvgIpc) is 3.13. The highest BCUT2D eigenvalue weighted by Crippen LogP contribution is 2.66. The number of hydrogen-bond donors (Lipinski definition) is 4. The van der Waals surface area contributed by atoms with Crippen molar-refractivity contribution in [3.05, 3.63) is 11.1 Å². The van der Waals surface area contributed by atoms with Crippen LogP contribution in [0.3, 0.4) is 0 Å². The van der Waals surface area contributed by atoms with E-state index in [1.54, 1.807) is 20.8 Å². The number of aliphatic hydroxyl groups is 4. The Morgan fingerprint density at radius 1 is 1.14 bits per heavy atom. The molecule has 162 valence electrons. The van der Waals surface area contributed by atoms with E-state index in [4.69, 9.17) is 14.2 Å². The molecule has 9 nitrogen and oxygen atoms in total. The number of fused-ring (bicyclic) bond motifs is 3. The van der Waals surface area contributed by atoms with Crippen LogP contribution in [0.5, 0.6) is 0 Å². The maximum absolute atomic E-state index is 12.8. The van der Waals surface area contributed by atoms with Gasteiger partial charge in [-0.1, -0.05) is 0 Å². The minimum absolute atomic E-state index is 0.0926. The fourth-order valence-electron chi connectivity index (χ4n) is 6.24. The summed E-state index contributed by atoms with van der Waals surface area (Å²) in [6, 6.07) is 0. The van der Waals surface area contributed by atoms with Crippen LogP contribution < -0.4 is 0 Å².